The number of carbonyl (C=O) groups is 5. The first-order chi connectivity index (χ1) is 25.3. The highest BCUT2D eigenvalue weighted by Crippen LogP contribution is 2.67. The summed E-state index contributed by atoms with van der Waals surface area (Å²) >= 11 is 0. The van der Waals surface area contributed by atoms with Crippen molar-refractivity contribution in [3.8, 4) is 0 Å². The van der Waals surface area contributed by atoms with Gasteiger partial charge in [0.05, 0.1) is 10.8 Å². The molecule has 6 aliphatic rings. The van der Waals surface area contributed by atoms with Gasteiger partial charge in [-0.15, -0.1) is 0 Å². The Hall–Kier alpha value is -4.95. The summed E-state index contributed by atoms with van der Waals surface area (Å²) in [7, 11) is 0. The standard InChI is InChI=1S/C42H48O13/c1-10-12-14-16-23(43)26-29-20(3)22(37(5,33(26)48)36(51)39(29,7)52)18-19-25(45)27-30(46)21(4)32(47)40(8)31(27)38(6)34(49)28(24(44)17-15-13-11-2)35(50)41(9,53)42(38,54)55-40/h10-20,22,29,31,43-46,52-54H,1-9H3/b12-10+,13-11+,16-14+,17-15+,19-18+,26-23-,27-25+,28-24+/t20-,22-,29-,31+,37+,38+,39-,40-,41-,42+/m0/s1. The van der Waals surface area contributed by atoms with E-state index in [2.05, 4.69) is 0 Å². The number of ketones is 5. The van der Waals surface area contributed by atoms with E-state index in [0.29, 0.717) is 0 Å². The predicted octanol–water partition coefficient (Wildman–Crippen LogP) is 4.45. The van der Waals surface area contributed by atoms with Gasteiger partial charge >= 0.3 is 0 Å². The molecule has 10 atom stereocenters. The molecule has 55 heavy (non-hydrogen) atoms. The third kappa shape index (κ3) is 5.09. The van der Waals surface area contributed by atoms with Gasteiger partial charge in [-0.05, 0) is 79.5 Å². The first-order valence-electron chi connectivity index (χ1n) is 17.9. The van der Waals surface area contributed by atoms with E-state index in [9.17, 15) is 59.7 Å². The second kappa shape index (κ2) is 13.1. The van der Waals surface area contributed by atoms with E-state index in [1.54, 1.807) is 39.0 Å². The van der Waals surface area contributed by atoms with Crippen LogP contribution in [0.3, 0.4) is 0 Å². The average Bonchev–Trinajstić information content (AvgIpc) is 3.31. The molecule has 2 bridgehead atoms. The largest absolute Gasteiger partial charge is 0.508 e. The molecule has 13 nitrogen and oxygen atoms in total. The Morgan fingerprint density at radius 2 is 1.24 bits per heavy atom. The SMILES string of the molecule is C/C=C/C=C/C(O)=C1/C(=O)[C@]2(C)C(=O)[C@@](C)(O)[C@H]1[C@@H](C)[C@@H]2/C=C/C(O)=C1/C(O)=C(C)C(=O)[C@@]2(C)O[C@@]3(O)[C@@](C)(O)C(=O)\C(=C(O)/C=C/C=C/C)C(=O)[C@@]3(C)[C@@H]12. The summed E-state index contributed by atoms with van der Waals surface area (Å²) < 4.78 is 5.94. The van der Waals surface area contributed by atoms with Crippen molar-refractivity contribution < 1.29 is 64.5 Å². The van der Waals surface area contributed by atoms with E-state index in [4.69, 9.17) is 4.74 Å². The quantitative estimate of drug-likeness (QED) is 0.0652. The fraction of sp³-hybridized carbons (Fsp3) is 0.452. The molecule has 0 spiro atoms. The van der Waals surface area contributed by atoms with Crippen molar-refractivity contribution in [3.63, 3.8) is 0 Å². The lowest BCUT2D eigenvalue weighted by Crippen LogP contribution is -2.72. The lowest BCUT2D eigenvalue weighted by Gasteiger charge is -2.57. The van der Waals surface area contributed by atoms with Crippen molar-refractivity contribution in [2.75, 3.05) is 0 Å². The number of fused-ring (bicyclic) bond motifs is 6. The molecule has 1 heterocycles. The molecule has 7 N–H and O–H groups in total. The molecule has 0 amide bonds. The molecule has 0 aromatic heterocycles. The van der Waals surface area contributed by atoms with Crippen LogP contribution >= 0.6 is 0 Å². The van der Waals surface area contributed by atoms with Crippen LogP contribution in [-0.2, 0) is 28.7 Å². The van der Waals surface area contributed by atoms with E-state index in [-0.39, 0.29) is 11.1 Å². The minimum absolute atomic E-state index is 0.134. The summed E-state index contributed by atoms with van der Waals surface area (Å²) in [5, 5.41) is 80.8. The highest BCUT2D eigenvalue weighted by Gasteiger charge is 2.83. The number of rotatable bonds is 6. The Bertz CT molecular complexity index is 2100. The number of allylic oxidation sites excluding steroid dienone is 11. The second-order valence-electron chi connectivity index (χ2n) is 15.9. The number of Topliss-reactive ketones (excluding diaryl/α,β-unsaturated/α-hetero) is 5. The Morgan fingerprint density at radius 1 is 0.709 bits per heavy atom. The molecular formula is C42H48O13. The maximum Gasteiger partial charge on any atom is 0.217 e. The van der Waals surface area contributed by atoms with Crippen molar-refractivity contribution in [1.82, 2.24) is 0 Å². The highest BCUT2D eigenvalue weighted by molar-refractivity contribution is 6.29. The van der Waals surface area contributed by atoms with Crippen LogP contribution in [0.15, 0.2) is 106 Å². The van der Waals surface area contributed by atoms with Crippen LogP contribution in [0.5, 0.6) is 0 Å². The molecule has 0 aromatic carbocycles. The Morgan fingerprint density at radius 3 is 1.78 bits per heavy atom. The molecule has 5 fully saturated rings. The fourth-order valence-corrected chi connectivity index (χ4v) is 9.83. The maximum atomic E-state index is 14.5. The summed E-state index contributed by atoms with van der Waals surface area (Å²) in [6, 6.07) is 0. The van der Waals surface area contributed by atoms with Crippen molar-refractivity contribution in [2.24, 2.45) is 34.5 Å². The van der Waals surface area contributed by atoms with Gasteiger partial charge in [0.25, 0.3) is 0 Å². The van der Waals surface area contributed by atoms with Crippen LogP contribution in [-0.4, -0.2) is 87.3 Å². The van der Waals surface area contributed by atoms with Crippen LogP contribution < -0.4 is 0 Å². The van der Waals surface area contributed by atoms with Crippen LogP contribution in [0.2, 0.25) is 0 Å². The molecule has 0 unspecified atom stereocenters. The lowest BCUT2D eigenvalue weighted by molar-refractivity contribution is -0.313. The summed E-state index contributed by atoms with van der Waals surface area (Å²) in [4.78, 5) is 70.1. The van der Waals surface area contributed by atoms with Crippen LogP contribution in [0.1, 0.15) is 62.3 Å². The van der Waals surface area contributed by atoms with E-state index in [1.807, 2.05) is 0 Å². The summed E-state index contributed by atoms with van der Waals surface area (Å²) in [5.74, 6) is -16.0. The van der Waals surface area contributed by atoms with E-state index in [0.717, 1.165) is 26.0 Å². The second-order valence-corrected chi connectivity index (χ2v) is 15.9. The van der Waals surface area contributed by atoms with Gasteiger partial charge in [-0.1, -0.05) is 49.5 Å². The normalized spacial score (nSPS) is 43.6. The molecule has 1 saturated heterocycles. The van der Waals surface area contributed by atoms with Crippen molar-refractivity contribution >= 4 is 28.9 Å². The van der Waals surface area contributed by atoms with E-state index in [1.165, 1.54) is 58.1 Å². The Kier molecular flexibility index (Phi) is 9.80. The third-order valence-electron chi connectivity index (χ3n) is 12.6. The first kappa shape index (κ1) is 41.2. The van der Waals surface area contributed by atoms with Crippen molar-refractivity contribution in [1.29, 1.82) is 0 Å². The monoisotopic (exact) mass is 760 g/mol. The van der Waals surface area contributed by atoms with Gasteiger partial charge in [0.2, 0.25) is 11.6 Å². The average molecular weight is 761 g/mol. The lowest BCUT2D eigenvalue weighted by atomic mass is 9.44. The number of aliphatic hydroxyl groups is 7. The molecule has 5 aliphatic carbocycles. The highest BCUT2D eigenvalue weighted by atomic mass is 16.7. The van der Waals surface area contributed by atoms with Crippen LogP contribution in [0.4, 0.5) is 0 Å². The zero-order chi connectivity index (χ0) is 41.6. The Balaban J connectivity index is 1.74. The molecule has 294 valence electrons. The number of hydrogen-bond donors (Lipinski definition) is 7. The molecule has 4 saturated carbocycles. The van der Waals surface area contributed by atoms with Gasteiger partial charge in [0.1, 0.15) is 39.8 Å². The molecule has 0 aromatic rings. The van der Waals surface area contributed by atoms with Gasteiger partial charge < -0.3 is 40.5 Å². The van der Waals surface area contributed by atoms with Gasteiger partial charge in [0.15, 0.2) is 28.7 Å². The van der Waals surface area contributed by atoms with Crippen LogP contribution in [0.25, 0.3) is 0 Å². The minimum Gasteiger partial charge on any atom is -0.508 e. The molecular weight excluding hydrogens is 712 g/mol. The predicted molar refractivity (Wildman–Crippen MR) is 198 cm³/mol. The first-order valence-corrected chi connectivity index (χ1v) is 17.9. The van der Waals surface area contributed by atoms with E-state index >= 15 is 0 Å². The fourth-order valence-electron chi connectivity index (χ4n) is 9.83. The third-order valence-corrected chi connectivity index (χ3v) is 12.6. The smallest absolute Gasteiger partial charge is 0.217 e. The van der Waals surface area contributed by atoms with Crippen molar-refractivity contribution in [2.45, 2.75) is 84.9 Å². The van der Waals surface area contributed by atoms with Gasteiger partial charge in [-0.3, -0.25) is 24.0 Å². The van der Waals surface area contributed by atoms with Gasteiger partial charge in [-0.25, -0.2) is 0 Å². The molecule has 6 rings (SSSR count). The Labute approximate surface area is 318 Å². The minimum atomic E-state index is -3.17. The molecule has 0 radical (unpaired) electrons. The zero-order valence-electron chi connectivity index (χ0n) is 32.2. The molecule has 13 heteroatoms. The van der Waals surface area contributed by atoms with E-state index < -0.39 is 120 Å². The van der Waals surface area contributed by atoms with Gasteiger partial charge in [-0.2, -0.15) is 0 Å². The van der Waals surface area contributed by atoms with Crippen molar-refractivity contribution in [3.05, 3.63) is 106 Å². The van der Waals surface area contributed by atoms with Crippen LogP contribution in [0, 0.1) is 34.5 Å². The number of aliphatic hydroxyl groups excluding tert-OH is 4. The summed E-state index contributed by atoms with van der Waals surface area (Å²) in [5.41, 5.74) is -13.8. The maximum absolute atomic E-state index is 14.5. The summed E-state index contributed by atoms with van der Waals surface area (Å²) in [6.07, 6.45) is 13.9. The number of hydrogen-bond acceptors (Lipinski definition) is 13. The zero-order valence-corrected chi connectivity index (χ0v) is 32.2. The topological polar surface area (TPSA) is 236 Å². The number of ether oxygens (including phenoxy) is 1. The number of carbonyl (C=O) groups excluding carboxylic acids is 5. The van der Waals surface area contributed by atoms with Gasteiger partial charge in [0, 0.05) is 34.5 Å². The molecule has 1 aliphatic heterocycles. The summed E-state index contributed by atoms with van der Waals surface area (Å²) in [6.45, 7) is 12.0.